The Kier molecular flexibility index (Phi) is 9.87. The van der Waals surface area contributed by atoms with Crippen molar-refractivity contribution >= 4 is 41.0 Å². The highest BCUT2D eigenvalue weighted by molar-refractivity contribution is 6.33. The second kappa shape index (κ2) is 14.2. The third-order valence-electron chi connectivity index (χ3n) is 9.61. The molecule has 2 aromatic carbocycles. The van der Waals surface area contributed by atoms with Crippen molar-refractivity contribution in [1.29, 1.82) is 0 Å². The Hall–Kier alpha value is -3.98. The van der Waals surface area contributed by atoms with Crippen LogP contribution in [0.1, 0.15) is 48.8 Å². The van der Waals surface area contributed by atoms with Crippen LogP contribution in [0.15, 0.2) is 36.4 Å². The Morgan fingerprint density at radius 1 is 0.978 bits per heavy atom. The number of nitrogens with two attached hydrogens (primary N) is 1. The highest BCUT2D eigenvalue weighted by atomic mass is 35.5. The zero-order chi connectivity index (χ0) is 32.2. The van der Waals surface area contributed by atoms with E-state index in [0.717, 1.165) is 37.4 Å². The van der Waals surface area contributed by atoms with Crippen LogP contribution in [0.2, 0.25) is 5.02 Å². The number of nitrogens with one attached hydrogen (secondary N) is 1. The summed E-state index contributed by atoms with van der Waals surface area (Å²) >= 11 is 6.37. The van der Waals surface area contributed by atoms with Crippen LogP contribution >= 0.6 is 11.6 Å². The number of urea groups is 1. The van der Waals surface area contributed by atoms with E-state index in [1.807, 2.05) is 29.2 Å². The molecular formula is C34H42ClN7O4. The quantitative estimate of drug-likeness (QED) is 0.360. The molecule has 6 rings (SSSR count). The van der Waals surface area contributed by atoms with Crippen LogP contribution in [0.3, 0.4) is 0 Å². The second-order valence-corrected chi connectivity index (χ2v) is 12.9. The van der Waals surface area contributed by atoms with Gasteiger partial charge < -0.3 is 30.5 Å². The lowest BCUT2D eigenvalue weighted by Gasteiger charge is -2.43. The number of carbonyl (C=O) groups excluding carboxylic acids is 3. The molecular weight excluding hydrogens is 606 g/mol. The number of ether oxygens (including phenoxy) is 1. The molecule has 0 bridgehead atoms. The molecule has 0 saturated carbocycles. The molecule has 0 radical (unpaired) electrons. The number of fused-ring (bicyclic) bond motifs is 1. The highest BCUT2D eigenvalue weighted by Gasteiger charge is 2.36. The molecule has 3 fully saturated rings. The van der Waals surface area contributed by atoms with Gasteiger partial charge in [0.25, 0.3) is 5.91 Å². The van der Waals surface area contributed by atoms with Crippen molar-refractivity contribution < 1.29 is 19.1 Å². The summed E-state index contributed by atoms with van der Waals surface area (Å²) < 4.78 is 6.00. The van der Waals surface area contributed by atoms with Gasteiger partial charge in [-0.2, -0.15) is 0 Å². The van der Waals surface area contributed by atoms with Gasteiger partial charge in [0.1, 0.15) is 0 Å². The number of piperidine rings is 2. The summed E-state index contributed by atoms with van der Waals surface area (Å²) in [5.41, 5.74) is 9.35. The number of nitrogens with zero attached hydrogens (tertiary/aromatic N) is 5. The average Bonchev–Trinajstić information content (AvgIpc) is 3.09. The predicted molar refractivity (Wildman–Crippen MR) is 177 cm³/mol. The lowest BCUT2D eigenvalue weighted by atomic mass is 10.0. The van der Waals surface area contributed by atoms with E-state index in [0.29, 0.717) is 67.4 Å². The minimum Gasteiger partial charge on any atom is -0.436 e. The number of benzene rings is 2. The number of terminal acetylenes is 1. The Balaban J connectivity index is 1.11. The summed E-state index contributed by atoms with van der Waals surface area (Å²) in [4.78, 5) is 45.6. The molecule has 11 nitrogen and oxygen atoms in total. The first-order chi connectivity index (χ1) is 22.3. The summed E-state index contributed by atoms with van der Waals surface area (Å²) in [7, 11) is 0. The number of rotatable bonds is 6. The Labute approximate surface area is 275 Å². The van der Waals surface area contributed by atoms with E-state index in [4.69, 9.17) is 28.5 Å². The number of nitrogen functional groups attached to an aromatic ring is 1. The third kappa shape index (κ3) is 7.04. The van der Waals surface area contributed by atoms with Crippen molar-refractivity contribution in [3.8, 4) is 12.3 Å². The number of amides is 4. The lowest BCUT2D eigenvalue weighted by molar-refractivity contribution is -0.147. The van der Waals surface area contributed by atoms with Crippen molar-refractivity contribution in [2.75, 3.05) is 63.4 Å². The Morgan fingerprint density at radius 2 is 1.67 bits per heavy atom. The summed E-state index contributed by atoms with van der Waals surface area (Å²) in [6, 6.07) is 11.0. The van der Waals surface area contributed by atoms with Gasteiger partial charge in [0.2, 0.25) is 0 Å². The molecule has 4 amide bonds. The largest absolute Gasteiger partial charge is 0.436 e. The average molecular weight is 648 g/mol. The molecule has 0 spiro atoms. The van der Waals surface area contributed by atoms with E-state index in [9.17, 15) is 14.4 Å². The highest BCUT2D eigenvalue weighted by Crippen LogP contribution is 2.29. The van der Waals surface area contributed by atoms with Gasteiger partial charge >= 0.3 is 12.1 Å². The SMILES string of the molecule is C#Cc1cc(C[C@@H](OC(=O)N2CCC(N3Cc4ccccc4NC3=O)CC2)C(=O)N2CCN(N3CCCCC3)CC2)cc(Cl)c1N. The molecule has 1 atom stereocenters. The molecule has 4 aliphatic heterocycles. The van der Waals surface area contributed by atoms with Crippen LogP contribution in [0, 0.1) is 12.3 Å². The van der Waals surface area contributed by atoms with Crippen LogP contribution < -0.4 is 11.1 Å². The molecule has 4 aliphatic rings. The molecule has 0 aromatic heterocycles. The fourth-order valence-electron chi connectivity index (χ4n) is 6.94. The van der Waals surface area contributed by atoms with E-state index < -0.39 is 12.2 Å². The molecule has 0 aliphatic carbocycles. The molecule has 0 unspecified atom stereocenters. The number of hydrogen-bond acceptors (Lipinski definition) is 7. The van der Waals surface area contributed by atoms with Crippen molar-refractivity contribution in [2.24, 2.45) is 0 Å². The molecule has 2 aromatic rings. The van der Waals surface area contributed by atoms with E-state index in [2.05, 4.69) is 21.3 Å². The van der Waals surface area contributed by atoms with Crippen LogP contribution in [0.5, 0.6) is 0 Å². The monoisotopic (exact) mass is 647 g/mol. The normalized spacial score (nSPS) is 20.4. The topological polar surface area (TPSA) is 115 Å². The maximum Gasteiger partial charge on any atom is 0.410 e. The number of halogens is 1. The first-order valence-electron chi connectivity index (χ1n) is 16.2. The number of piperazine rings is 1. The number of anilines is 2. The Morgan fingerprint density at radius 3 is 2.39 bits per heavy atom. The number of carbonyl (C=O) groups is 3. The van der Waals surface area contributed by atoms with Crippen molar-refractivity contribution in [2.45, 2.75) is 57.2 Å². The first kappa shape index (κ1) is 32.0. The van der Waals surface area contributed by atoms with E-state index in [1.165, 1.54) is 19.3 Å². The van der Waals surface area contributed by atoms with Crippen molar-refractivity contribution in [1.82, 2.24) is 24.7 Å². The van der Waals surface area contributed by atoms with Gasteiger partial charge in [-0.3, -0.25) is 4.79 Å². The maximum atomic E-state index is 14.0. The van der Waals surface area contributed by atoms with Gasteiger partial charge in [-0.25, -0.2) is 19.6 Å². The van der Waals surface area contributed by atoms with Gasteiger partial charge in [0.05, 0.1) is 10.7 Å². The van der Waals surface area contributed by atoms with Crippen LogP contribution in [0.25, 0.3) is 0 Å². The smallest absolute Gasteiger partial charge is 0.410 e. The summed E-state index contributed by atoms with van der Waals surface area (Å²) in [6.07, 6.45) is 9.04. The van der Waals surface area contributed by atoms with Crippen LogP contribution in [-0.4, -0.2) is 107 Å². The zero-order valence-electron chi connectivity index (χ0n) is 26.1. The number of likely N-dealkylation sites (tertiary alicyclic amines) is 1. The molecule has 3 N–H and O–H groups in total. The van der Waals surface area contributed by atoms with Crippen molar-refractivity contribution in [3.63, 3.8) is 0 Å². The van der Waals surface area contributed by atoms with E-state index in [1.54, 1.807) is 21.9 Å². The first-order valence-corrected chi connectivity index (χ1v) is 16.6. The van der Waals surface area contributed by atoms with Crippen LogP contribution in [0.4, 0.5) is 21.0 Å². The van der Waals surface area contributed by atoms with Gasteiger partial charge in [-0.15, -0.1) is 6.42 Å². The van der Waals surface area contributed by atoms with Gasteiger partial charge in [-0.05, 0) is 55.0 Å². The summed E-state index contributed by atoms with van der Waals surface area (Å²) in [5.74, 6) is 2.31. The maximum absolute atomic E-state index is 14.0. The number of hydrogen-bond donors (Lipinski definition) is 2. The van der Waals surface area contributed by atoms with E-state index in [-0.39, 0.29) is 24.4 Å². The summed E-state index contributed by atoms with van der Waals surface area (Å²) in [6.45, 7) is 6.04. The molecule has 4 heterocycles. The predicted octanol–water partition coefficient (Wildman–Crippen LogP) is 4.01. The number of hydrazine groups is 1. The molecule has 3 saturated heterocycles. The van der Waals surface area contributed by atoms with Crippen molar-refractivity contribution in [3.05, 3.63) is 58.1 Å². The lowest BCUT2D eigenvalue weighted by Crippen LogP contribution is -2.58. The standard InChI is InChI=1S/C34H42ClN7O4/c1-2-25-20-24(21-28(35)31(25)36)22-30(32(43)38-16-18-41(19-17-38)40-12-6-3-7-13-40)46-34(45)39-14-10-27(11-15-39)42-23-26-8-4-5-9-29(26)37-33(42)44/h1,4-5,8-9,20-21,27,30H,3,6-7,10-19,22-23,36H2,(H,37,44)/t30-/m1/s1. The van der Waals surface area contributed by atoms with Gasteiger partial charge in [-0.1, -0.05) is 42.1 Å². The minimum atomic E-state index is -1.05. The summed E-state index contributed by atoms with van der Waals surface area (Å²) in [5, 5.41) is 8.01. The Bertz CT molecular complexity index is 1490. The molecule has 46 heavy (non-hydrogen) atoms. The second-order valence-electron chi connectivity index (χ2n) is 12.5. The fourth-order valence-corrected chi connectivity index (χ4v) is 7.18. The fraction of sp³-hybridized carbons (Fsp3) is 0.500. The third-order valence-corrected chi connectivity index (χ3v) is 9.92. The molecule has 12 heteroatoms. The molecule has 244 valence electrons. The van der Waals surface area contributed by atoms with Crippen LogP contribution in [-0.2, 0) is 22.5 Å². The van der Waals surface area contributed by atoms with E-state index >= 15 is 0 Å². The van der Waals surface area contributed by atoms with Gasteiger partial charge in [0.15, 0.2) is 6.10 Å². The number of para-hydroxylation sites is 1. The van der Waals surface area contributed by atoms with Gasteiger partial charge in [0, 0.05) is 82.6 Å². The zero-order valence-corrected chi connectivity index (χ0v) is 26.9. The minimum absolute atomic E-state index is 0.00913.